The minimum atomic E-state index is -1.13. The van der Waals surface area contributed by atoms with Crippen LogP contribution >= 0.6 is 0 Å². The molecule has 88 valence electrons. The fourth-order valence-electron chi connectivity index (χ4n) is 1.64. The minimum Gasteiger partial charge on any atom is -0.497 e. The molecule has 0 amide bonds. The van der Waals surface area contributed by atoms with Gasteiger partial charge in [-0.15, -0.1) is 0 Å². The second kappa shape index (κ2) is 4.51. The van der Waals surface area contributed by atoms with Crippen LogP contribution in [0.4, 0.5) is 0 Å². The third-order valence-electron chi connectivity index (χ3n) is 2.75. The first-order valence-corrected chi connectivity index (χ1v) is 5.27. The molecule has 1 unspecified atom stereocenters. The van der Waals surface area contributed by atoms with E-state index < -0.39 is 5.60 Å². The van der Waals surface area contributed by atoms with Gasteiger partial charge < -0.3 is 9.84 Å². The van der Waals surface area contributed by atoms with Gasteiger partial charge in [-0.1, -0.05) is 12.1 Å². The van der Waals surface area contributed by atoms with Gasteiger partial charge in [0.25, 0.3) is 0 Å². The zero-order valence-electron chi connectivity index (χ0n) is 9.79. The van der Waals surface area contributed by atoms with E-state index >= 15 is 0 Å². The highest BCUT2D eigenvalue weighted by molar-refractivity contribution is 5.37. The summed E-state index contributed by atoms with van der Waals surface area (Å²) >= 11 is 0. The molecule has 1 N–H and O–H groups in total. The van der Waals surface area contributed by atoms with Crippen molar-refractivity contribution in [2.75, 3.05) is 7.11 Å². The molecule has 0 aliphatic rings. The van der Waals surface area contributed by atoms with Crippen molar-refractivity contribution in [2.45, 2.75) is 12.5 Å². The van der Waals surface area contributed by atoms with Crippen molar-refractivity contribution in [3.8, 4) is 5.75 Å². The van der Waals surface area contributed by atoms with Crippen LogP contribution in [0.3, 0.4) is 0 Å². The van der Waals surface area contributed by atoms with Gasteiger partial charge in [0.05, 0.1) is 7.11 Å². The van der Waals surface area contributed by atoms with E-state index in [2.05, 4.69) is 9.97 Å². The highest BCUT2D eigenvalue weighted by Gasteiger charge is 2.26. The Balaban J connectivity index is 2.44. The van der Waals surface area contributed by atoms with Crippen LogP contribution in [-0.4, -0.2) is 22.2 Å². The van der Waals surface area contributed by atoms with E-state index in [9.17, 15) is 5.11 Å². The van der Waals surface area contributed by atoms with E-state index in [0.717, 1.165) is 5.56 Å². The summed E-state index contributed by atoms with van der Waals surface area (Å²) in [5.74, 6) is 0.708. The Morgan fingerprint density at radius 3 is 2.53 bits per heavy atom. The number of ether oxygens (including phenoxy) is 1. The second-order valence-electron chi connectivity index (χ2n) is 3.93. The molecule has 4 heteroatoms. The van der Waals surface area contributed by atoms with Gasteiger partial charge in [0.2, 0.25) is 0 Å². The van der Waals surface area contributed by atoms with Gasteiger partial charge in [-0.3, -0.25) is 0 Å². The van der Waals surface area contributed by atoms with Crippen LogP contribution in [0.1, 0.15) is 18.1 Å². The van der Waals surface area contributed by atoms with E-state index in [1.807, 2.05) is 18.2 Å². The van der Waals surface area contributed by atoms with E-state index in [0.29, 0.717) is 11.3 Å². The van der Waals surface area contributed by atoms with Crippen molar-refractivity contribution in [2.24, 2.45) is 0 Å². The lowest BCUT2D eigenvalue weighted by atomic mass is 9.90. The summed E-state index contributed by atoms with van der Waals surface area (Å²) in [6, 6.07) is 7.32. The number of nitrogens with zero attached hydrogens (tertiary/aromatic N) is 2. The summed E-state index contributed by atoms with van der Waals surface area (Å²) < 4.78 is 5.14. The van der Waals surface area contributed by atoms with Crippen LogP contribution in [0.25, 0.3) is 0 Å². The van der Waals surface area contributed by atoms with Crippen LogP contribution in [0, 0.1) is 0 Å². The molecule has 0 radical (unpaired) electrons. The minimum absolute atomic E-state index is 0.647. The highest BCUT2D eigenvalue weighted by atomic mass is 16.5. The smallest absolute Gasteiger partial charge is 0.119 e. The summed E-state index contributed by atoms with van der Waals surface area (Å²) in [5, 5.41) is 10.5. The van der Waals surface area contributed by atoms with Crippen LogP contribution in [-0.2, 0) is 5.60 Å². The van der Waals surface area contributed by atoms with Crippen LogP contribution in [0.15, 0.2) is 43.0 Å². The van der Waals surface area contributed by atoms with Crippen molar-refractivity contribution < 1.29 is 9.84 Å². The lowest BCUT2D eigenvalue weighted by Gasteiger charge is -2.23. The predicted octanol–water partition coefficient (Wildman–Crippen LogP) is 1.74. The number of aliphatic hydroxyl groups is 1. The van der Waals surface area contributed by atoms with E-state index in [-0.39, 0.29) is 0 Å². The first-order valence-electron chi connectivity index (χ1n) is 5.27. The molecule has 0 aliphatic heterocycles. The normalized spacial score (nSPS) is 14.1. The molecule has 0 saturated carbocycles. The van der Waals surface area contributed by atoms with Gasteiger partial charge >= 0.3 is 0 Å². The summed E-state index contributed by atoms with van der Waals surface area (Å²) in [4.78, 5) is 7.83. The molecule has 0 fully saturated rings. The number of rotatable bonds is 3. The SMILES string of the molecule is COc1cccc(C(C)(O)c2cncnc2)c1. The lowest BCUT2D eigenvalue weighted by molar-refractivity contribution is 0.101. The Morgan fingerprint density at radius 2 is 1.88 bits per heavy atom. The monoisotopic (exact) mass is 230 g/mol. The molecule has 2 rings (SSSR count). The average Bonchev–Trinajstić information content (AvgIpc) is 2.40. The zero-order valence-corrected chi connectivity index (χ0v) is 9.79. The average molecular weight is 230 g/mol. The first-order chi connectivity index (χ1) is 8.14. The number of aromatic nitrogens is 2. The molecule has 4 nitrogen and oxygen atoms in total. The number of methoxy groups -OCH3 is 1. The fraction of sp³-hybridized carbons (Fsp3) is 0.231. The highest BCUT2D eigenvalue weighted by Crippen LogP contribution is 2.29. The molecule has 0 aliphatic carbocycles. The van der Waals surface area contributed by atoms with Crippen molar-refractivity contribution in [3.05, 3.63) is 54.1 Å². The standard InChI is InChI=1S/C13H14N2O2/c1-13(16,11-7-14-9-15-8-11)10-4-3-5-12(6-10)17-2/h3-9,16H,1-2H3. The van der Waals surface area contributed by atoms with E-state index in [4.69, 9.17) is 4.74 Å². The van der Waals surface area contributed by atoms with Gasteiger partial charge in [0, 0.05) is 18.0 Å². The first kappa shape index (κ1) is 11.5. The molecule has 1 aromatic carbocycles. The molecule has 1 atom stereocenters. The maximum absolute atomic E-state index is 10.5. The van der Waals surface area contributed by atoms with Crippen LogP contribution in [0.2, 0.25) is 0 Å². The molecule has 0 bridgehead atoms. The van der Waals surface area contributed by atoms with Gasteiger partial charge in [-0.25, -0.2) is 9.97 Å². The summed E-state index contributed by atoms with van der Waals surface area (Å²) in [7, 11) is 1.60. The third kappa shape index (κ3) is 2.26. The van der Waals surface area contributed by atoms with Crippen molar-refractivity contribution in [1.29, 1.82) is 0 Å². The Hall–Kier alpha value is -1.94. The van der Waals surface area contributed by atoms with E-state index in [1.54, 1.807) is 32.5 Å². The third-order valence-corrected chi connectivity index (χ3v) is 2.75. The number of benzene rings is 1. The van der Waals surface area contributed by atoms with Gasteiger partial charge in [-0.05, 0) is 24.6 Å². The molecule has 1 aromatic heterocycles. The Morgan fingerprint density at radius 1 is 1.18 bits per heavy atom. The maximum Gasteiger partial charge on any atom is 0.119 e. The van der Waals surface area contributed by atoms with Crippen molar-refractivity contribution >= 4 is 0 Å². The van der Waals surface area contributed by atoms with Crippen molar-refractivity contribution in [3.63, 3.8) is 0 Å². The molecule has 2 aromatic rings. The summed E-state index contributed by atoms with van der Waals surface area (Å²) in [5.41, 5.74) is 0.260. The molecular formula is C13H14N2O2. The maximum atomic E-state index is 10.5. The Bertz CT molecular complexity index is 498. The molecular weight excluding hydrogens is 216 g/mol. The molecule has 0 saturated heterocycles. The summed E-state index contributed by atoms with van der Waals surface area (Å²) in [6.45, 7) is 1.71. The summed E-state index contributed by atoms with van der Waals surface area (Å²) in [6.07, 6.45) is 4.64. The topological polar surface area (TPSA) is 55.2 Å². The largest absolute Gasteiger partial charge is 0.497 e. The van der Waals surface area contributed by atoms with Crippen LogP contribution in [0.5, 0.6) is 5.75 Å². The second-order valence-corrected chi connectivity index (χ2v) is 3.93. The number of hydrogen-bond acceptors (Lipinski definition) is 4. The fourth-order valence-corrected chi connectivity index (χ4v) is 1.64. The Kier molecular flexibility index (Phi) is 3.06. The Labute approximate surface area is 99.9 Å². The van der Waals surface area contributed by atoms with Gasteiger partial charge in [-0.2, -0.15) is 0 Å². The molecule has 17 heavy (non-hydrogen) atoms. The van der Waals surface area contributed by atoms with E-state index in [1.165, 1.54) is 6.33 Å². The lowest BCUT2D eigenvalue weighted by Crippen LogP contribution is -2.23. The predicted molar refractivity (Wildman–Crippen MR) is 63.7 cm³/mol. The number of hydrogen-bond donors (Lipinski definition) is 1. The molecule has 1 heterocycles. The quantitative estimate of drug-likeness (QED) is 0.872. The molecule has 0 spiro atoms. The van der Waals surface area contributed by atoms with Crippen molar-refractivity contribution in [1.82, 2.24) is 9.97 Å². The van der Waals surface area contributed by atoms with Crippen LogP contribution < -0.4 is 4.74 Å². The van der Waals surface area contributed by atoms with Gasteiger partial charge in [0.1, 0.15) is 17.7 Å². The van der Waals surface area contributed by atoms with Gasteiger partial charge in [0.15, 0.2) is 0 Å². The zero-order chi connectivity index (χ0) is 12.3.